The number of halogens is 1. The molecule has 0 aliphatic carbocycles. The number of nitro benzene ring substituents is 1. The summed E-state index contributed by atoms with van der Waals surface area (Å²) in [5.41, 5.74) is -0.791. The number of piperazine rings is 1. The van der Waals surface area contributed by atoms with Crippen LogP contribution in [-0.4, -0.2) is 58.4 Å². The lowest BCUT2D eigenvalue weighted by Gasteiger charge is -2.55. The summed E-state index contributed by atoms with van der Waals surface area (Å²) >= 11 is 0. The highest BCUT2D eigenvalue weighted by Crippen LogP contribution is 2.47. The Morgan fingerprint density at radius 3 is 2.50 bits per heavy atom. The molecule has 2 fully saturated rings. The van der Waals surface area contributed by atoms with E-state index in [0.29, 0.717) is 30.3 Å². The smallest absolute Gasteiger partial charge is 0.335 e. The van der Waals surface area contributed by atoms with E-state index >= 15 is 0 Å². The average molecular weight is 517 g/mol. The van der Waals surface area contributed by atoms with Crippen molar-refractivity contribution in [3.05, 3.63) is 82.4 Å². The van der Waals surface area contributed by atoms with E-state index in [0.717, 1.165) is 17.0 Å². The van der Waals surface area contributed by atoms with Crippen molar-refractivity contribution in [2.24, 2.45) is 5.41 Å². The number of nitrogens with one attached hydrogen (secondary N) is 1. The Kier molecular flexibility index (Phi) is 5.29. The van der Waals surface area contributed by atoms with Crippen LogP contribution in [0.2, 0.25) is 0 Å². The number of urea groups is 1. The molecule has 0 radical (unpaired) electrons. The third-order valence-electron chi connectivity index (χ3n) is 7.34. The number of barbiturate groups is 1. The number of nitro groups is 1. The van der Waals surface area contributed by atoms with Crippen LogP contribution >= 0.6 is 0 Å². The molecule has 13 heteroatoms. The number of hydrogen-bond acceptors (Lipinski definition) is 9. The summed E-state index contributed by atoms with van der Waals surface area (Å²) in [5.74, 6) is -1.72. The van der Waals surface area contributed by atoms with Crippen molar-refractivity contribution >= 4 is 40.9 Å². The number of imide groups is 2. The molecule has 3 aromatic rings. The Hall–Kier alpha value is -4.94. The van der Waals surface area contributed by atoms with Crippen molar-refractivity contribution in [2.75, 3.05) is 34.3 Å². The molecule has 2 aromatic carbocycles. The molecular weight excluding hydrogens is 497 g/mol. The molecule has 1 N–H and O–H groups in total. The number of rotatable bonds is 3. The van der Waals surface area contributed by atoms with Crippen molar-refractivity contribution in [3.8, 4) is 0 Å². The van der Waals surface area contributed by atoms with Gasteiger partial charge in [0, 0.05) is 56.3 Å². The topological polar surface area (TPSA) is 142 Å². The highest BCUT2D eigenvalue weighted by molar-refractivity contribution is 6.30. The van der Waals surface area contributed by atoms with Gasteiger partial charge in [-0.3, -0.25) is 25.0 Å². The molecule has 0 bridgehead atoms. The van der Waals surface area contributed by atoms with E-state index in [2.05, 4.69) is 15.3 Å². The van der Waals surface area contributed by atoms with Gasteiger partial charge in [0.05, 0.1) is 16.7 Å². The van der Waals surface area contributed by atoms with Crippen molar-refractivity contribution in [1.82, 2.24) is 15.3 Å². The quantitative estimate of drug-likeness (QED) is 0.314. The summed E-state index contributed by atoms with van der Waals surface area (Å²) in [7, 11) is 0. The highest BCUT2D eigenvalue weighted by atomic mass is 19.1. The first-order valence-electron chi connectivity index (χ1n) is 11.8. The van der Waals surface area contributed by atoms with E-state index in [9.17, 15) is 28.9 Å². The Bertz CT molecular complexity index is 1490. The zero-order valence-corrected chi connectivity index (χ0v) is 19.8. The molecule has 38 heavy (non-hydrogen) atoms. The number of benzene rings is 2. The van der Waals surface area contributed by atoms with Crippen LogP contribution < -0.4 is 20.0 Å². The highest BCUT2D eigenvalue weighted by Gasteiger charge is 2.63. The summed E-state index contributed by atoms with van der Waals surface area (Å²) in [6.45, 7) is 0.995. The van der Waals surface area contributed by atoms with Gasteiger partial charge in [0.25, 0.3) is 11.6 Å². The lowest BCUT2D eigenvalue weighted by Crippen LogP contribution is -2.75. The normalized spacial score (nSPS) is 22.7. The third-order valence-corrected chi connectivity index (χ3v) is 7.34. The van der Waals surface area contributed by atoms with Crippen LogP contribution in [0, 0.1) is 21.3 Å². The van der Waals surface area contributed by atoms with Gasteiger partial charge in [-0.2, -0.15) is 0 Å². The molecule has 6 rings (SSSR count). The van der Waals surface area contributed by atoms with Crippen LogP contribution in [0.15, 0.2) is 60.9 Å². The molecule has 2 atom stereocenters. The number of carbonyl (C=O) groups is 3. The molecule has 2 saturated heterocycles. The van der Waals surface area contributed by atoms with Gasteiger partial charge in [0.1, 0.15) is 5.82 Å². The second-order valence-corrected chi connectivity index (χ2v) is 9.30. The fraction of sp³-hybridized carbons (Fsp3) is 0.240. The molecule has 4 amide bonds. The monoisotopic (exact) mass is 517 g/mol. The number of aromatic nitrogens is 2. The predicted molar refractivity (Wildman–Crippen MR) is 132 cm³/mol. The van der Waals surface area contributed by atoms with Crippen molar-refractivity contribution < 1.29 is 23.7 Å². The lowest BCUT2D eigenvalue weighted by molar-refractivity contribution is -0.384. The number of hydrogen-bond donors (Lipinski definition) is 1. The molecule has 3 aliphatic rings. The minimum atomic E-state index is -1.82. The maximum atomic E-state index is 14.3. The van der Waals surface area contributed by atoms with E-state index in [-0.39, 0.29) is 24.3 Å². The van der Waals surface area contributed by atoms with Crippen LogP contribution in [0.4, 0.5) is 32.2 Å². The van der Waals surface area contributed by atoms with Gasteiger partial charge >= 0.3 is 6.03 Å². The number of amides is 4. The number of anilines is 3. The summed E-state index contributed by atoms with van der Waals surface area (Å²) in [6.07, 6.45) is 3.00. The van der Waals surface area contributed by atoms with Crippen LogP contribution in [-0.2, 0) is 16.0 Å². The SMILES string of the molecule is O=C1NC(=O)[C@]2(Cc3cc([N+](=O)[O-])ccc3N3CCN(c4ncccn4)C[C@@H]32)C(=O)N1c1ccc(F)cc1. The zero-order valence-electron chi connectivity index (χ0n) is 19.8. The molecule has 1 spiro atoms. The molecule has 3 aliphatic heterocycles. The van der Waals surface area contributed by atoms with Crippen LogP contribution in [0.3, 0.4) is 0 Å². The first-order chi connectivity index (χ1) is 18.3. The van der Waals surface area contributed by atoms with Gasteiger partial charge in [-0.15, -0.1) is 0 Å². The second-order valence-electron chi connectivity index (χ2n) is 9.30. The summed E-state index contributed by atoms with van der Waals surface area (Å²) in [6, 6.07) is 9.11. The van der Waals surface area contributed by atoms with E-state index in [1.807, 2.05) is 9.80 Å². The maximum absolute atomic E-state index is 14.3. The Labute approximate surface area is 214 Å². The van der Waals surface area contributed by atoms with Gasteiger partial charge < -0.3 is 9.80 Å². The minimum Gasteiger partial charge on any atom is -0.363 e. The summed E-state index contributed by atoms with van der Waals surface area (Å²) < 4.78 is 13.6. The fourth-order valence-corrected chi connectivity index (χ4v) is 5.58. The molecule has 0 unspecified atom stereocenters. The van der Waals surface area contributed by atoms with Gasteiger partial charge in [0.2, 0.25) is 11.9 Å². The van der Waals surface area contributed by atoms with Crippen molar-refractivity contribution in [1.29, 1.82) is 0 Å². The molecule has 4 heterocycles. The molecule has 0 saturated carbocycles. The number of fused-ring (bicyclic) bond motifs is 4. The molecule has 1 aromatic heterocycles. The van der Waals surface area contributed by atoms with Gasteiger partial charge in [0.15, 0.2) is 5.41 Å². The Morgan fingerprint density at radius 2 is 1.79 bits per heavy atom. The van der Waals surface area contributed by atoms with Crippen LogP contribution in [0.25, 0.3) is 0 Å². The van der Waals surface area contributed by atoms with Crippen molar-refractivity contribution in [2.45, 2.75) is 12.5 Å². The first kappa shape index (κ1) is 23.5. The molecular formula is C25H20FN7O5. The van der Waals surface area contributed by atoms with Crippen LogP contribution in [0.5, 0.6) is 0 Å². The average Bonchev–Trinajstić information content (AvgIpc) is 2.92. The largest absolute Gasteiger partial charge is 0.363 e. The Balaban J connectivity index is 1.50. The van der Waals surface area contributed by atoms with E-state index in [1.54, 1.807) is 24.5 Å². The lowest BCUT2D eigenvalue weighted by atomic mass is 9.67. The van der Waals surface area contributed by atoms with E-state index in [1.165, 1.54) is 24.3 Å². The standard InChI is InChI=1S/C25H20FN7O5/c26-16-2-4-17(5-3-16)32-22(35)25(21(34)29-24(32)36)13-15-12-18(33(37)38)6-7-19(15)31-11-10-30(14-20(25)31)23-27-8-1-9-28-23/h1-9,12,20H,10-11,13-14H2,(H,29,34,36)/t20-,25-/m1/s1. The minimum absolute atomic E-state index is 0.0937. The van der Waals surface area contributed by atoms with Gasteiger partial charge in [-0.1, -0.05) is 0 Å². The second kappa shape index (κ2) is 8.57. The van der Waals surface area contributed by atoms with Crippen molar-refractivity contribution in [3.63, 3.8) is 0 Å². The summed E-state index contributed by atoms with van der Waals surface area (Å²) in [5, 5.41) is 13.8. The zero-order chi connectivity index (χ0) is 26.6. The molecule has 192 valence electrons. The summed E-state index contributed by atoms with van der Waals surface area (Å²) in [4.78, 5) is 65.0. The number of nitrogens with zero attached hydrogens (tertiary/aromatic N) is 6. The van der Waals surface area contributed by atoms with Gasteiger partial charge in [-0.25, -0.2) is 24.1 Å². The first-order valence-corrected chi connectivity index (χ1v) is 11.8. The fourth-order valence-electron chi connectivity index (χ4n) is 5.58. The maximum Gasteiger partial charge on any atom is 0.335 e. The predicted octanol–water partition coefficient (Wildman–Crippen LogP) is 2.04. The van der Waals surface area contributed by atoms with Gasteiger partial charge in [-0.05, 0) is 42.0 Å². The number of non-ortho nitro benzene ring substituents is 1. The number of carbonyl (C=O) groups excluding carboxylic acids is 3. The third kappa shape index (κ3) is 3.46. The van der Waals surface area contributed by atoms with E-state index < -0.39 is 40.0 Å². The Morgan fingerprint density at radius 1 is 1.05 bits per heavy atom. The van der Waals surface area contributed by atoms with E-state index in [4.69, 9.17) is 0 Å². The molecule has 12 nitrogen and oxygen atoms in total. The van der Waals surface area contributed by atoms with Crippen LogP contribution in [0.1, 0.15) is 5.56 Å².